The Bertz CT molecular complexity index is 913. The number of benzene rings is 2. The Hall–Kier alpha value is -3.09. The van der Waals surface area contributed by atoms with Gasteiger partial charge in [0.2, 0.25) is 5.91 Å². The third kappa shape index (κ3) is 4.06. The maximum atomic E-state index is 13.5. The highest BCUT2D eigenvalue weighted by molar-refractivity contribution is 5.89. The molecule has 1 aromatic heterocycles. The molecular formula is C18H16F2N4O. The Balaban J connectivity index is 1.67. The molecule has 1 amide bonds. The number of anilines is 2. The van der Waals surface area contributed by atoms with E-state index in [4.69, 9.17) is 0 Å². The van der Waals surface area contributed by atoms with Gasteiger partial charge in [0.1, 0.15) is 12.1 Å². The van der Waals surface area contributed by atoms with Crippen molar-refractivity contribution in [3.05, 3.63) is 59.9 Å². The number of rotatable bonds is 5. The van der Waals surface area contributed by atoms with Gasteiger partial charge in [-0.1, -0.05) is 12.1 Å². The highest BCUT2D eigenvalue weighted by Crippen LogP contribution is 2.22. The SMILES string of the molecule is CC(=O)Nc1ccc(CCNc2ncnc3cc(F)c(F)cc23)cc1. The minimum absolute atomic E-state index is 0.117. The zero-order valence-electron chi connectivity index (χ0n) is 13.5. The zero-order chi connectivity index (χ0) is 17.8. The van der Waals surface area contributed by atoms with E-state index in [0.717, 1.165) is 23.4 Å². The van der Waals surface area contributed by atoms with Crippen LogP contribution in [-0.2, 0) is 11.2 Å². The molecule has 1 heterocycles. The van der Waals surface area contributed by atoms with E-state index in [2.05, 4.69) is 20.6 Å². The summed E-state index contributed by atoms with van der Waals surface area (Å²) in [7, 11) is 0. The molecule has 0 aliphatic heterocycles. The standard InChI is InChI=1S/C18H16F2N4O/c1-11(25)24-13-4-2-12(3-5-13)6-7-21-18-14-8-15(19)16(20)9-17(14)22-10-23-18/h2-5,8-10H,6-7H2,1H3,(H,24,25)(H,21,22,23). The molecule has 0 aliphatic carbocycles. The van der Waals surface area contributed by atoms with Gasteiger partial charge < -0.3 is 10.6 Å². The molecule has 3 rings (SSSR count). The molecule has 0 unspecified atom stereocenters. The summed E-state index contributed by atoms with van der Waals surface area (Å²) in [5, 5.41) is 6.26. The lowest BCUT2D eigenvalue weighted by atomic mass is 10.1. The summed E-state index contributed by atoms with van der Waals surface area (Å²) in [5.74, 6) is -1.53. The number of aromatic nitrogens is 2. The molecule has 0 spiro atoms. The number of hydrogen-bond acceptors (Lipinski definition) is 4. The quantitative estimate of drug-likeness (QED) is 0.744. The lowest BCUT2D eigenvalue weighted by molar-refractivity contribution is -0.114. The third-order valence-corrected chi connectivity index (χ3v) is 3.66. The lowest BCUT2D eigenvalue weighted by Crippen LogP contribution is -2.08. The van der Waals surface area contributed by atoms with Crippen LogP contribution >= 0.6 is 0 Å². The number of carbonyl (C=O) groups is 1. The van der Waals surface area contributed by atoms with Crippen LogP contribution in [0.3, 0.4) is 0 Å². The van der Waals surface area contributed by atoms with Gasteiger partial charge in [0.15, 0.2) is 11.6 Å². The maximum absolute atomic E-state index is 13.5. The van der Waals surface area contributed by atoms with E-state index in [1.54, 1.807) is 0 Å². The fourth-order valence-corrected chi connectivity index (χ4v) is 2.48. The molecule has 0 atom stereocenters. The number of nitrogens with one attached hydrogen (secondary N) is 2. The van der Waals surface area contributed by atoms with Crippen LogP contribution in [-0.4, -0.2) is 22.4 Å². The molecule has 0 aliphatic rings. The molecule has 0 fully saturated rings. The van der Waals surface area contributed by atoms with E-state index >= 15 is 0 Å². The van der Waals surface area contributed by atoms with E-state index in [1.165, 1.54) is 13.3 Å². The Morgan fingerprint density at radius 1 is 1.08 bits per heavy atom. The van der Waals surface area contributed by atoms with Crippen LogP contribution in [0.4, 0.5) is 20.3 Å². The van der Waals surface area contributed by atoms with Gasteiger partial charge in [-0.15, -0.1) is 0 Å². The van der Waals surface area contributed by atoms with Crippen LogP contribution in [0.5, 0.6) is 0 Å². The average Bonchev–Trinajstić information content (AvgIpc) is 2.57. The van der Waals surface area contributed by atoms with Crippen molar-refractivity contribution < 1.29 is 13.6 Å². The molecule has 5 nitrogen and oxygen atoms in total. The first-order chi connectivity index (χ1) is 12.0. The minimum Gasteiger partial charge on any atom is -0.369 e. The van der Waals surface area contributed by atoms with Crippen molar-refractivity contribution in [3.8, 4) is 0 Å². The van der Waals surface area contributed by atoms with Gasteiger partial charge in [0.25, 0.3) is 0 Å². The largest absolute Gasteiger partial charge is 0.369 e. The third-order valence-electron chi connectivity index (χ3n) is 3.66. The van der Waals surface area contributed by atoms with Crippen molar-refractivity contribution in [2.24, 2.45) is 0 Å². The summed E-state index contributed by atoms with van der Waals surface area (Å²) in [4.78, 5) is 19.0. The fourth-order valence-electron chi connectivity index (χ4n) is 2.48. The molecule has 128 valence electrons. The van der Waals surface area contributed by atoms with Gasteiger partial charge >= 0.3 is 0 Å². The molecular weight excluding hydrogens is 326 g/mol. The second-order valence-electron chi connectivity index (χ2n) is 5.56. The number of fused-ring (bicyclic) bond motifs is 1. The molecule has 0 bridgehead atoms. The van der Waals surface area contributed by atoms with Gasteiger partial charge in [-0.3, -0.25) is 4.79 Å². The predicted octanol–water partition coefficient (Wildman–Crippen LogP) is 3.52. The van der Waals surface area contributed by atoms with Crippen molar-refractivity contribution in [2.75, 3.05) is 17.2 Å². The highest BCUT2D eigenvalue weighted by Gasteiger charge is 2.09. The van der Waals surface area contributed by atoms with Gasteiger partial charge in [-0.2, -0.15) is 0 Å². The van der Waals surface area contributed by atoms with Crippen LogP contribution in [0, 0.1) is 11.6 Å². The van der Waals surface area contributed by atoms with Crippen molar-refractivity contribution in [3.63, 3.8) is 0 Å². The van der Waals surface area contributed by atoms with E-state index in [0.29, 0.717) is 29.7 Å². The number of halogens is 2. The van der Waals surface area contributed by atoms with Crippen LogP contribution < -0.4 is 10.6 Å². The molecule has 0 saturated carbocycles. The van der Waals surface area contributed by atoms with Gasteiger partial charge in [-0.05, 0) is 30.2 Å². The second kappa shape index (κ2) is 7.21. The number of amides is 1. The smallest absolute Gasteiger partial charge is 0.221 e. The molecule has 0 saturated heterocycles. The molecule has 7 heteroatoms. The van der Waals surface area contributed by atoms with Crippen LogP contribution in [0.2, 0.25) is 0 Å². The molecule has 3 aromatic rings. The number of hydrogen-bond donors (Lipinski definition) is 2. The van der Waals surface area contributed by atoms with Gasteiger partial charge in [-0.25, -0.2) is 18.7 Å². The molecule has 2 N–H and O–H groups in total. The highest BCUT2D eigenvalue weighted by atomic mass is 19.2. The minimum atomic E-state index is -0.934. The van der Waals surface area contributed by atoms with Crippen molar-refractivity contribution >= 4 is 28.3 Å². The monoisotopic (exact) mass is 342 g/mol. The summed E-state index contributed by atoms with van der Waals surface area (Å²) in [6.07, 6.45) is 2.01. The molecule has 0 radical (unpaired) electrons. The zero-order valence-corrected chi connectivity index (χ0v) is 13.5. The van der Waals surface area contributed by atoms with Crippen LogP contribution in [0.15, 0.2) is 42.7 Å². The maximum Gasteiger partial charge on any atom is 0.221 e. The average molecular weight is 342 g/mol. The Morgan fingerprint density at radius 2 is 1.80 bits per heavy atom. The van der Waals surface area contributed by atoms with Crippen LogP contribution in [0.1, 0.15) is 12.5 Å². The lowest BCUT2D eigenvalue weighted by Gasteiger charge is -2.09. The summed E-state index contributed by atoms with van der Waals surface area (Å²) in [6.45, 7) is 2.02. The predicted molar refractivity (Wildman–Crippen MR) is 92.4 cm³/mol. The van der Waals surface area contributed by atoms with E-state index in [1.807, 2.05) is 24.3 Å². The topological polar surface area (TPSA) is 66.9 Å². The first-order valence-corrected chi connectivity index (χ1v) is 7.73. The van der Waals surface area contributed by atoms with Crippen LogP contribution in [0.25, 0.3) is 10.9 Å². The normalized spacial score (nSPS) is 10.7. The molecule has 2 aromatic carbocycles. The Morgan fingerprint density at radius 3 is 2.52 bits per heavy atom. The first-order valence-electron chi connectivity index (χ1n) is 7.73. The Kier molecular flexibility index (Phi) is 4.83. The van der Waals surface area contributed by atoms with Gasteiger partial charge in [0.05, 0.1) is 5.52 Å². The first kappa shape index (κ1) is 16.8. The second-order valence-corrected chi connectivity index (χ2v) is 5.56. The summed E-state index contributed by atoms with van der Waals surface area (Å²) >= 11 is 0. The summed E-state index contributed by atoms with van der Waals surface area (Å²) in [5.41, 5.74) is 2.15. The Labute approximate surface area is 143 Å². The summed E-state index contributed by atoms with van der Waals surface area (Å²) < 4.78 is 26.7. The van der Waals surface area contributed by atoms with Crippen molar-refractivity contribution in [1.82, 2.24) is 9.97 Å². The number of nitrogens with zero attached hydrogens (tertiary/aromatic N) is 2. The fraction of sp³-hybridized carbons (Fsp3) is 0.167. The van der Waals surface area contributed by atoms with E-state index < -0.39 is 11.6 Å². The number of carbonyl (C=O) groups excluding carboxylic acids is 1. The van der Waals surface area contributed by atoms with Crippen molar-refractivity contribution in [2.45, 2.75) is 13.3 Å². The van der Waals surface area contributed by atoms with Crippen molar-refractivity contribution in [1.29, 1.82) is 0 Å². The summed E-state index contributed by atoms with van der Waals surface area (Å²) in [6, 6.07) is 9.64. The van der Waals surface area contributed by atoms with E-state index in [-0.39, 0.29) is 5.91 Å². The van der Waals surface area contributed by atoms with Gasteiger partial charge in [0, 0.05) is 30.6 Å². The van der Waals surface area contributed by atoms with E-state index in [9.17, 15) is 13.6 Å². The molecule has 25 heavy (non-hydrogen) atoms.